The molecule has 1 fully saturated rings. The Labute approximate surface area is 147 Å². The number of pyridine rings is 1. The van der Waals surface area contributed by atoms with E-state index in [9.17, 15) is 14.7 Å². The molecule has 6 nitrogen and oxygen atoms in total. The Morgan fingerprint density at radius 1 is 1.25 bits per heavy atom. The van der Waals surface area contributed by atoms with Crippen molar-refractivity contribution < 1.29 is 14.7 Å². The molecule has 0 saturated carbocycles. The summed E-state index contributed by atoms with van der Waals surface area (Å²) in [5, 5.41) is 10.3. The summed E-state index contributed by atoms with van der Waals surface area (Å²) in [6.07, 6.45) is 3.24. The van der Waals surface area contributed by atoms with Crippen molar-refractivity contribution >= 4 is 46.2 Å². The maximum atomic E-state index is 12.4. The minimum atomic E-state index is -0.495. The van der Waals surface area contributed by atoms with Gasteiger partial charge in [-0.05, 0) is 54.7 Å². The van der Waals surface area contributed by atoms with Crippen LogP contribution < -0.4 is 5.43 Å². The van der Waals surface area contributed by atoms with Crippen LogP contribution in [0.5, 0.6) is 5.75 Å². The lowest BCUT2D eigenvalue weighted by atomic mass is 10.2. The largest absolute Gasteiger partial charge is 0.508 e. The number of nitrogens with zero attached hydrogens (tertiary/aromatic N) is 2. The van der Waals surface area contributed by atoms with Gasteiger partial charge in [0.15, 0.2) is 4.32 Å². The number of thiocarbonyl (C=S) groups is 1. The van der Waals surface area contributed by atoms with E-state index in [4.69, 9.17) is 12.2 Å². The van der Waals surface area contributed by atoms with Crippen LogP contribution in [0.3, 0.4) is 0 Å². The van der Waals surface area contributed by atoms with Gasteiger partial charge in [0.1, 0.15) is 5.75 Å². The van der Waals surface area contributed by atoms with E-state index in [1.807, 2.05) is 6.07 Å². The van der Waals surface area contributed by atoms with E-state index in [0.717, 1.165) is 16.8 Å². The van der Waals surface area contributed by atoms with Gasteiger partial charge in [-0.3, -0.25) is 20.0 Å². The fourth-order valence-corrected chi connectivity index (χ4v) is 3.10. The lowest BCUT2D eigenvalue weighted by Gasteiger charge is -2.15. The van der Waals surface area contributed by atoms with Crippen molar-refractivity contribution in [2.24, 2.45) is 0 Å². The second kappa shape index (κ2) is 6.81. The highest BCUT2D eigenvalue weighted by atomic mass is 32.2. The molecule has 120 valence electrons. The number of benzene rings is 1. The minimum Gasteiger partial charge on any atom is -0.508 e. The monoisotopic (exact) mass is 357 g/mol. The summed E-state index contributed by atoms with van der Waals surface area (Å²) in [6, 6.07) is 11.0. The number of aromatic nitrogens is 1. The first kappa shape index (κ1) is 16.2. The maximum Gasteiger partial charge on any atom is 0.285 e. The van der Waals surface area contributed by atoms with Gasteiger partial charge in [-0.25, -0.2) is 0 Å². The second-order valence-corrected chi connectivity index (χ2v) is 6.44. The van der Waals surface area contributed by atoms with Crippen molar-refractivity contribution in [3.63, 3.8) is 0 Å². The molecule has 2 heterocycles. The third-order valence-corrected chi connectivity index (χ3v) is 4.41. The van der Waals surface area contributed by atoms with E-state index >= 15 is 0 Å². The number of aromatic hydroxyl groups is 1. The summed E-state index contributed by atoms with van der Waals surface area (Å²) >= 11 is 6.24. The van der Waals surface area contributed by atoms with Crippen LogP contribution in [0.25, 0.3) is 6.08 Å². The molecule has 2 aromatic rings. The molecule has 1 aliphatic rings. The highest BCUT2D eigenvalue weighted by Crippen LogP contribution is 2.31. The number of hydrogen-bond donors (Lipinski definition) is 2. The SMILES string of the molecule is O=C(NN1C(=O)C(=Cc2ccccn2)SC1=S)c1ccc(O)cc1. The van der Waals surface area contributed by atoms with Gasteiger partial charge in [0, 0.05) is 11.8 Å². The standard InChI is InChI=1S/C16H11N3O3S2/c20-12-6-4-10(5-7-12)14(21)18-19-15(22)13(24-16(19)23)9-11-3-1-2-8-17-11/h1-9,20H,(H,18,21). The molecule has 0 spiro atoms. The first-order valence-corrected chi connectivity index (χ1v) is 8.06. The fourth-order valence-electron chi connectivity index (χ4n) is 1.94. The molecule has 24 heavy (non-hydrogen) atoms. The number of thioether (sulfide) groups is 1. The fraction of sp³-hybridized carbons (Fsp3) is 0. The van der Waals surface area contributed by atoms with Crippen LogP contribution in [0.2, 0.25) is 0 Å². The molecule has 8 heteroatoms. The molecule has 0 atom stereocenters. The number of phenolic OH excluding ortho intramolecular Hbond substituents is 1. The van der Waals surface area contributed by atoms with Gasteiger partial charge in [-0.2, -0.15) is 5.01 Å². The zero-order valence-electron chi connectivity index (χ0n) is 12.2. The average molecular weight is 357 g/mol. The Bertz CT molecular complexity index is 835. The summed E-state index contributed by atoms with van der Waals surface area (Å²) in [5.41, 5.74) is 3.40. The first-order chi connectivity index (χ1) is 11.5. The van der Waals surface area contributed by atoms with Crippen LogP contribution in [-0.4, -0.2) is 31.2 Å². The molecule has 1 aromatic heterocycles. The van der Waals surface area contributed by atoms with Crippen molar-refractivity contribution in [2.45, 2.75) is 0 Å². The maximum absolute atomic E-state index is 12.4. The quantitative estimate of drug-likeness (QED) is 0.648. The zero-order valence-corrected chi connectivity index (χ0v) is 13.8. The first-order valence-electron chi connectivity index (χ1n) is 6.83. The lowest BCUT2D eigenvalue weighted by Crippen LogP contribution is -2.44. The van der Waals surface area contributed by atoms with Crippen LogP contribution in [0, 0.1) is 0 Å². The highest BCUT2D eigenvalue weighted by molar-refractivity contribution is 8.26. The van der Waals surface area contributed by atoms with E-state index in [-0.39, 0.29) is 10.1 Å². The van der Waals surface area contributed by atoms with E-state index < -0.39 is 11.8 Å². The number of amides is 2. The molecule has 0 radical (unpaired) electrons. The van der Waals surface area contributed by atoms with Crippen molar-refractivity contribution in [1.29, 1.82) is 0 Å². The molecule has 1 saturated heterocycles. The topological polar surface area (TPSA) is 82.5 Å². The van der Waals surface area contributed by atoms with Gasteiger partial charge in [-0.1, -0.05) is 17.8 Å². The number of hydrazine groups is 1. The average Bonchev–Trinajstić information content (AvgIpc) is 2.84. The summed E-state index contributed by atoms with van der Waals surface area (Å²) < 4.78 is 0.231. The predicted octanol–water partition coefficient (Wildman–Crippen LogP) is 2.33. The lowest BCUT2D eigenvalue weighted by molar-refractivity contribution is -0.123. The Kier molecular flexibility index (Phi) is 4.59. The van der Waals surface area contributed by atoms with Crippen LogP contribution in [-0.2, 0) is 4.79 Å². The van der Waals surface area contributed by atoms with E-state index in [1.54, 1.807) is 24.4 Å². The Hall–Kier alpha value is -2.71. The number of rotatable bonds is 3. The van der Waals surface area contributed by atoms with Crippen molar-refractivity contribution in [1.82, 2.24) is 15.4 Å². The Morgan fingerprint density at radius 3 is 2.67 bits per heavy atom. The summed E-state index contributed by atoms with van der Waals surface area (Å²) in [6.45, 7) is 0. The van der Waals surface area contributed by atoms with Crippen molar-refractivity contribution in [3.05, 3.63) is 64.8 Å². The molecular formula is C16H11N3O3S2. The van der Waals surface area contributed by atoms with Crippen molar-refractivity contribution in [2.75, 3.05) is 0 Å². The van der Waals surface area contributed by atoms with Gasteiger partial charge >= 0.3 is 0 Å². The number of carbonyl (C=O) groups excluding carboxylic acids is 2. The van der Waals surface area contributed by atoms with Crippen LogP contribution >= 0.6 is 24.0 Å². The number of nitrogens with one attached hydrogen (secondary N) is 1. The van der Waals surface area contributed by atoms with Gasteiger partial charge in [-0.15, -0.1) is 0 Å². The van der Waals surface area contributed by atoms with Gasteiger partial charge < -0.3 is 5.11 Å². The van der Waals surface area contributed by atoms with Gasteiger partial charge in [0.2, 0.25) is 0 Å². The minimum absolute atomic E-state index is 0.0513. The second-order valence-electron chi connectivity index (χ2n) is 4.76. The van der Waals surface area contributed by atoms with E-state index in [0.29, 0.717) is 16.2 Å². The zero-order chi connectivity index (χ0) is 17.1. The number of carbonyl (C=O) groups is 2. The normalized spacial score (nSPS) is 15.8. The predicted molar refractivity (Wildman–Crippen MR) is 94.8 cm³/mol. The van der Waals surface area contributed by atoms with E-state index in [2.05, 4.69) is 10.4 Å². The summed E-state index contributed by atoms with van der Waals surface area (Å²) in [7, 11) is 0. The van der Waals surface area contributed by atoms with Crippen molar-refractivity contribution in [3.8, 4) is 5.75 Å². The molecule has 1 aliphatic heterocycles. The number of hydrogen-bond acceptors (Lipinski definition) is 6. The Balaban J connectivity index is 1.76. The molecule has 0 bridgehead atoms. The molecule has 2 amide bonds. The molecule has 0 aliphatic carbocycles. The molecule has 2 N–H and O–H groups in total. The smallest absolute Gasteiger partial charge is 0.285 e. The van der Waals surface area contributed by atoms with Crippen LogP contribution in [0.4, 0.5) is 0 Å². The summed E-state index contributed by atoms with van der Waals surface area (Å²) in [4.78, 5) is 29.1. The molecular weight excluding hydrogens is 346 g/mol. The van der Waals surface area contributed by atoms with E-state index in [1.165, 1.54) is 24.3 Å². The molecule has 0 unspecified atom stereocenters. The summed E-state index contributed by atoms with van der Waals surface area (Å²) in [5.74, 6) is -0.858. The molecule has 3 rings (SSSR count). The Morgan fingerprint density at radius 2 is 2.00 bits per heavy atom. The van der Waals surface area contributed by atoms with Crippen LogP contribution in [0.15, 0.2) is 53.6 Å². The number of phenols is 1. The third kappa shape index (κ3) is 3.44. The third-order valence-electron chi connectivity index (χ3n) is 3.10. The van der Waals surface area contributed by atoms with Gasteiger partial charge in [0.05, 0.1) is 10.6 Å². The highest BCUT2D eigenvalue weighted by Gasteiger charge is 2.33. The van der Waals surface area contributed by atoms with Crippen LogP contribution in [0.1, 0.15) is 16.1 Å². The van der Waals surface area contributed by atoms with Gasteiger partial charge in [0.25, 0.3) is 11.8 Å². The molecule has 1 aromatic carbocycles.